The van der Waals surface area contributed by atoms with Crippen molar-refractivity contribution in [3.63, 3.8) is 0 Å². The van der Waals surface area contributed by atoms with Crippen LogP contribution in [0.2, 0.25) is 0 Å². The predicted octanol–water partition coefficient (Wildman–Crippen LogP) is 3.89. The molecule has 3 aromatic rings. The van der Waals surface area contributed by atoms with Crippen molar-refractivity contribution in [2.45, 2.75) is 32.3 Å². The number of benzene rings is 2. The average molecular weight is 491 g/mol. The molecule has 1 aromatic heterocycles. The molecule has 36 heavy (non-hydrogen) atoms. The van der Waals surface area contributed by atoms with Gasteiger partial charge in [0.1, 0.15) is 11.9 Å². The van der Waals surface area contributed by atoms with Crippen molar-refractivity contribution >= 4 is 23.5 Å². The molecule has 1 atom stereocenters. The van der Waals surface area contributed by atoms with Gasteiger partial charge in [0.25, 0.3) is 0 Å². The Kier molecular flexibility index (Phi) is 8.33. The number of hydrogen-bond acceptors (Lipinski definition) is 8. The molecule has 4 rings (SSSR count). The minimum absolute atomic E-state index is 0.0200. The fourth-order valence-corrected chi connectivity index (χ4v) is 4.06. The molecule has 1 saturated heterocycles. The molecule has 1 fully saturated rings. The molecule has 0 aliphatic carbocycles. The van der Waals surface area contributed by atoms with E-state index in [1.807, 2.05) is 31.2 Å². The normalized spacial score (nSPS) is 15.2. The van der Waals surface area contributed by atoms with Gasteiger partial charge in [-0.05, 0) is 49.6 Å². The van der Waals surface area contributed by atoms with Crippen molar-refractivity contribution in [3.05, 3.63) is 72.1 Å². The van der Waals surface area contributed by atoms with Crippen LogP contribution in [0.25, 0.3) is 0 Å². The zero-order chi connectivity index (χ0) is 25.3. The molecule has 2 heterocycles. The molecule has 0 spiro atoms. The van der Waals surface area contributed by atoms with Crippen molar-refractivity contribution in [2.24, 2.45) is 0 Å². The fraction of sp³-hybridized carbons (Fsp3) is 0.333. The highest BCUT2D eigenvalue weighted by molar-refractivity contribution is 5.92. The summed E-state index contributed by atoms with van der Waals surface area (Å²) in [5, 5.41) is 2.81. The van der Waals surface area contributed by atoms with Crippen molar-refractivity contribution in [1.82, 2.24) is 9.97 Å². The smallest absolute Gasteiger partial charge is 0.337 e. The SMILES string of the molecule is CCOc1ccccc1O[C@@H]1CCCN(c2cncc(NC(=O)Cc3ccc(C(=O)OC)cc3)n2)C1. The van der Waals surface area contributed by atoms with E-state index in [0.29, 0.717) is 30.4 Å². The summed E-state index contributed by atoms with van der Waals surface area (Å²) in [6, 6.07) is 14.4. The Labute approximate surface area is 210 Å². The van der Waals surface area contributed by atoms with E-state index in [0.717, 1.165) is 36.4 Å². The molecule has 9 heteroatoms. The number of para-hydroxylation sites is 2. The van der Waals surface area contributed by atoms with Gasteiger partial charge in [0, 0.05) is 6.54 Å². The Morgan fingerprint density at radius 1 is 1.08 bits per heavy atom. The van der Waals surface area contributed by atoms with Gasteiger partial charge in [0.05, 0.1) is 44.6 Å². The van der Waals surface area contributed by atoms with Crippen molar-refractivity contribution in [1.29, 1.82) is 0 Å². The first-order chi connectivity index (χ1) is 17.6. The monoisotopic (exact) mass is 490 g/mol. The lowest BCUT2D eigenvalue weighted by molar-refractivity contribution is -0.115. The maximum atomic E-state index is 12.6. The molecule has 1 amide bonds. The Bertz CT molecular complexity index is 1180. The Morgan fingerprint density at radius 2 is 1.86 bits per heavy atom. The quantitative estimate of drug-likeness (QED) is 0.451. The van der Waals surface area contributed by atoms with Crippen LogP contribution in [0, 0.1) is 0 Å². The Hall–Kier alpha value is -4.14. The second kappa shape index (κ2) is 12.0. The standard InChI is InChI=1S/C27H30N4O5/c1-3-35-22-8-4-5-9-23(22)36-21-7-6-14-31(18-21)25-17-28-16-24(29-25)30-26(32)15-19-10-12-20(13-11-19)27(33)34-2/h4-5,8-13,16-17,21H,3,6-7,14-15,18H2,1-2H3,(H,29,30,32)/t21-/m1/s1. The fourth-order valence-electron chi connectivity index (χ4n) is 4.06. The number of methoxy groups -OCH3 is 1. The van der Waals surface area contributed by atoms with Crippen LogP contribution in [-0.4, -0.2) is 54.8 Å². The number of carbonyl (C=O) groups is 2. The lowest BCUT2D eigenvalue weighted by Gasteiger charge is -2.33. The molecule has 188 valence electrons. The molecule has 2 aromatic carbocycles. The molecular weight excluding hydrogens is 460 g/mol. The molecule has 0 bridgehead atoms. The molecular formula is C27H30N4O5. The number of anilines is 2. The first-order valence-electron chi connectivity index (χ1n) is 12.0. The number of nitrogens with one attached hydrogen (secondary N) is 1. The number of nitrogens with zero attached hydrogens (tertiary/aromatic N) is 3. The minimum atomic E-state index is -0.415. The summed E-state index contributed by atoms with van der Waals surface area (Å²) >= 11 is 0. The summed E-state index contributed by atoms with van der Waals surface area (Å²) in [5.74, 6) is 1.90. The second-order valence-electron chi connectivity index (χ2n) is 8.38. The summed E-state index contributed by atoms with van der Waals surface area (Å²) in [6.07, 6.45) is 5.21. The first-order valence-corrected chi connectivity index (χ1v) is 12.0. The van der Waals surface area contributed by atoms with Gasteiger partial charge in [0.2, 0.25) is 5.91 Å². The van der Waals surface area contributed by atoms with Crippen molar-refractivity contribution in [3.8, 4) is 11.5 Å². The van der Waals surface area contributed by atoms with Crippen LogP contribution < -0.4 is 19.7 Å². The van der Waals surface area contributed by atoms with Gasteiger partial charge in [-0.1, -0.05) is 24.3 Å². The number of piperidine rings is 1. The van der Waals surface area contributed by atoms with Crippen LogP contribution in [0.4, 0.5) is 11.6 Å². The van der Waals surface area contributed by atoms with Gasteiger partial charge in [0.15, 0.2) is 17.3 Å². The van der Waals surface area contributed by atoms with Crippen molar-refractivity contribution < 1.29 is 23.8 Å². The summed E-state index contributed by atoms with van der Waals surface area (Å²) in [6.45, 7) is 4.00. The zero-order valence-corrected chi connectivity index (χ0v) is 20.5. The van der Waals surface area contributed by atoms with E-state index >= 15 is 0 Å². The number of hydrogen-bond donors (Lipinski definition) is 1. The van der Waals surface area contributed by atoms with Crippen LogP contribution in [0.3, 0.4) is 0 Å². The van der Waals surface area contributed by atoms with E-state index < -0.39 is 5.97 Å². The van der Waals surface area contributed by atoms with Crippen molar-refractivity contribution in [2.75, 3.05) is 37.0 Å². The van der Waals surface area contributed by atoms with E-state index in [2.05, 4.69) is 20.2 Å². The summed E-state index contributed by atoms with van der Waals surface area (Å²) in [7, 11) is 1.33. The van der Waals surface area contributed by atoms with Gasteiger partial charge >= 0.3 is 5.97 Å². The van der Waals surface area contributed by atoms with E-state index in [-0.39, 0.29) is 18.4 Å². The lowest BCUT2D eigenvalue weighted by Crippen LogP contribution is -2.41. The van der Waals surface area contributed by atoms with Gasteiger partial charge in [-0.2, -0.15) is 0 Å². The number of aromatic nitrogens is 2. The highest BCUT2D eigenvalue weighted by Crippen LogP contribution is 2.30. The van der Waals surface area contributed by atoms with Crippen LogP contribution in [-0.2, 0) is 16.0 Å². The van der Waals surface area contributed by atoms with Gasteiger partial charge in [-0.25, -0.2) is 9.78 Å². The third kappa shape index (κ3) is 6.50. The topological polar surface area (TPSA) is 103 Å². The second-order valence-corrected chi connectivity index (χ2v) is 8.38. The first kappa shape index (κ1) is 25.0. The van der Waals surface area contributed by atoms with Crippen LogP contribution in [0.1, 0.15) is 35.7 Å². The third-order valence-corrected chi connectivity index (χ3v) is 5.77. The summed E-state index contributed by atoms with van der Waals surface area (Å²) < 4.78 is 16.7. The molecule has 0 saturated carbocycles. The van der Waals surface area contributed by atoms with Gasteiger partial charge in [-0.3, -0.25) is 9.78 Å². The lowest BCUT2D eigenvalue weighted by atomic mass is 10.1. The van der Waals surface area contributed by atoms with Crippen LogP contribution in [0.15, 0.2) is 60.9 Å². The number of amides is 1. The number of carbonyl (C=O) groups excluding carboxylic acids is 2. The van der Waals surface area contributed by atoms with E-state index in [9.17, 15) is 9.59 Å². The molecule has 0 radical (unpaired) electrons. The van der Waals surface area contributed by atoms with E-state index in [4.69, 9.17) is 14.2 Å². The van der Waals surface area contributed by atoms with E-state index in [1.54, 1.807) is 30.5 Å². The molecule has 0 unspecified atom stereocenters. The Morgan fingerprint density at radius 3 is 2.61 bits per heavy atom. The minimum Gasteiger partial charge on any atom is -0.490 e. The van der Waals surface area contributed by atoms with Crippen LogP contribution >= 0.6 is 0 Å². The molecule has 1 N–H and O–H groups in total. The maximum Gasteiger partial charge on any atom is 0.337 e. The largest absolute Gasteiger partial charge is 0.490 e. The predicted molar refractivity (Wildman–Crippen MR) is 136 cm³/mol. The number of rotatable bonds is 9. The molecule has 1 aliphatic rings. The Balaban J connectivity index is 1.36. The maximum absolute atomic E-state index is 12.6. The zero-order valence-electron chi connectivity index (χ0n) is 20.5. The molecule has 9 nitrogen and oxygen atoms in total. The highest BCUT2D eigenvalue weighted by Gasteiger charge is 2.24. The van der Waals surface area contributed by atoms with Gasteiger partial charge < -0.3 is 24.4 Å². The van der Waals surface area contributed by atoms with Crippen LogP contribution in [0.5, 0.6) is 11.5 Å². The summed E-state index contributed by atoms with van der Waals surface area (Å²) in [5.41, 5.74) is 1.21. The highest BCUT2D eigenvalue weighted by atomic mass is 16.5. The number of esters is 1. The average Bonchev–Trinajstić information content (AvgIpc) is 2.90. The third-order valence-electron chi connectivity index (χ3n) is 5.77. The number of ether oxygens (including phenoxy) is 3. The summed E-state index contributed by atoms with van der Waals surface area (Å²) in [4.78, 5) is 35.1. The molecule has 1 aliphatic heterocycles. The van der Waals surface area contributed by atoms with Gasteiger partial charge in [-0.15, -0.1) is 0 Å². The van der Waals surface area contributed by atoms with E-state index in [1.165, 1.54) is 13.3 Å².